The molecular formula is C10H16N3O2+. The monoisotopic (exact) mass is 210 g/mol. The van der Waals surface area contributed by atoms with Gasteiger partial charge in [0.15, 0.2) is 0 Å². The van der Waals surface area contributed by atoms with E-state index in [0.29, 0.717) is 5.41 Å². The smallest absolute Gasteiger partial charge is 0.269 e. The Hall–Kier alpha value is -1.39. The Kier molecular flexibility index (Phi) is 2.46. The van der Waals surface area contributed by atoms with E-state index in [9.17, 15) is 0 Å². The summed E-state index contributed by atoms with van der Waals surface area (Å²) in [5.41, 5.74) is 0.576. The van der Waals surface area contributed by atoms with Gasteiger partial charge in [0.25, 0.3) is 0 Å². The van der Waals surface area contributed by atoms with Crippen molar-refractivity contribution < 1.29 is 10.2 Å². The summed E-state index contributed by atoms with van der Waals surface area (Å²) in [7, 11) is 0. The van der Waals surface area contributed by atoms with Crippen LogP contribution in [0.15, 0.2) is 17.3 Å². The Balaban J connectivity index is 0.000000188. The summed E-state index contributed by atoms with van der Waals surface area (Å²) in [6.45, 7) is 0. The first-order valence-electron chi connectivity index (χ1n) is 5.24. The van der Waals surface area contributed by atoms with Gasteiger partial charge in [-0.15, -0.1) is 5.84 Å². The second-order valence-corrected chi connectivity index (χ2v) is 4.60. The van der Waals surface area contributed by atoms with E-state index < -0.39 is 5.03 Å². The lowest BCUT2D eigenvalue weighted by molar-refractivity contribution is -0.801. The summed E-state index contributed by atoms with van der Waals surface area (Å²) in [5.74, 6) is 5.76. The average Bonchev–Trinajstić information content (AvgIpc) is 2.71. The molecule has 0 amide bonds. The third kappa shape index (κ3) is 1.86. The van der Waals surface area contributed by atoms with Crippen molar-refractivity contribution in [2.24, 2.45) is 28.1 Å². The number of aliphatic imine (C=N–C) groups is 1. The molecule has 0 aromatic rings. The molecule has 3 N–H and O–H groups in total. The predicted octanol–water partition coefficient (Wildman–Crippen LogP) is 1.42. The van der Waals surface area contributed by atoms with Gasteiger partial charge in [-0.1, -0.05) is 6.08 Å². The molecule has 5 nitrogen and oxygen atoms in total. The first-order valence-corrected chi connectivity index (χ1v) is 5.24. The van der Waals surface area contributed by atoms with Gasteiger partial charge in [0.05, 0.1) is 0 Å². The van der Waals surface area contributed by atoms with Crippen LogP contribution in [-0.4, -0.2) is 16.5 Å². The standard InChI is InChI=1S/C10H13N.H3N2O2/c1-2-10-3-4-11-7-9(10)5-8(1)6-10;1-2(3)4/h3-4,7-9H,1-2,5-6H2;1H2,(H,3,4)/q;+1. The first kappa shape index (κ1) is 10.1. The van der Waals surface area contributed by atoms with Crippen molar-refractivity contribution in [3.8, 4) is 0 Å². The quantitative estimate of drug-likeness (QED) is 0.468. The lowest BCUT2D eigenvalue weighted by Gasteiger charge is -2.31. The number of nitrogens with two attached hydrogens (primary N) is 1. The molecule has 0 radical (unpaired) electrons. The fourth-order valence-corrected chi connectivity index (χ4v) is 3.18. The maximum Gasteiger partial charge on any atom is 0.352 e. The molecule has 3 atom stereocenters. The third-order valence-electron chi connectivity index (χ3n) is 3.77. The van der Waals surface area contributed by atoms with E-state index in [1.165, 1.54) is 25.7 Å². The maximum atomic E-state index is 8.69. The van der Waals surface area contributed by atoms with Crippen molar-refractivity contribution in [3.63, 3.8) is 0 Å². The molecule has 2 bridgehead atoms. The van der Waals surface area contributed by atoms with Gasteiger partial charge in [0.2, 0.25) is 0 Å². The van der Waals surface area contributed by atoms with Crippen LogP contribution in [0.1, 0.15) is 25.7 Å². The lowest BCUT2D eigenvalue weighted by Crippen LogP contribution is -2.25. The summed E-state index contributed by atoms with van der Waals surface area (Å²) in [6.07, 6.45) is 12.3. The Bertz CT molecular complexity index is 323. The lowest BCUT2D eigenvalue weighted by atomic mass is 9.75. The van der Waals surface area contributed by atoms with E-state index in [1.807, 2.05) is 6.20 Å². The number of hydrogen-bond acceptors (Lipinski definition) is 2. The zero-order chi connectivity index (χ0) is 10.9. The molecule has 0 aromatic carbocycles. The van der Waals surface area contributed by atoms with Gasteiger partial charge in [-0.05, 0) is 37.0 Å². The van der Waals surface area contributed by atoms with Crippen LogP contribution in [0.25, 0.3) is 0 Å². The summed E-state index contributed by atoms with van der Waals surface area (Å²) in [5, 5.41) is 6.36. The van der Waals surface area contributed by atoms with Crippen molar-refractivity contribution in [2.45, 2.75) is 25.7 Å². The molecule has 3 unspecified atom stereocenters. The number of allylic oxidation sites excluding steroid dienone is 1. The van der Waals surface area contributed by atoms with Crippen LogP contribution >= 0.6 is 0 Å². The zero-order valence-corrected chi connectivity index (χ0v) is 8.54. The maximum absolute atomic E-state index is 8.69. The van der Waals surface area contributed by atoms with Gasteiger partial charge >= 0.3 is 5.03 Å². The van der Waals surface area contributed by atoms with Crippen LogP contribution in [0.2, 0.25) is 0 Å². The fraction of sp³-hybridized carbons (Fsp3) is 0.700. The molecule has 2 fully saturated rings. The van der Waals surface area contributed by atoms with E-state index >= 15 is 0 Å². The van der Waals surface area contributed by atoms with E-state index in [4.69, 9.17) is 10.1 Å². The number of nitrogens with zero attached hydrogens (tertiary/aromatic N) is 2. The molecule has 2 saturated carbocycles. The van der Waals surface area contributed by atoms with Crippen LogP contribution in [-0.2, 0) is 0 Å². The number of rotatable bonds is 0. The Morgan fingerprint density at radius 1 is 1.60 bits per heavy atom. The van der Waals surface area contributed by atoms with Crippen molar-refractivity contribution in [1.82, 2.24) is 0 Å². The molecular weight excluding hydrogens is 194 g/mol. The highest BCUT2D eigenvalue weighted by molar-refractivity contribution is 5.66. The molecule has 0 saturated heterocycles. The van der Waals surface area contributed by atoms with Gasteiger partial charge in [0, 0.05) is 18.3 Å². The highest BCUT2D eigenvalue weighted by atomic mass is 16.7. The van der Waals surface area contributed by atoms with Crippen LogP contribution in [0.3, 0.4) is 0 Å². The summed E-state index contributed by atoms with van der Waals surface area (Å²) < 4.78 is 0. The molecule has 15 heavy (non-hydrogen) atoms. The van der Waals surface area contributed by atoms with Crippen LogP contribution in [0.5, 0.6) is 0 Å². The highest BCUT2D eigenvalue weighted by Gasteiger charge is 2.50. The Morgan fingerprint density at radius 2 is 2.33 bits per heavy atom. The normalized spacial score (nSPS) is 39.5. The van der Waals surface area contributed by atoms with Crippen LogP contribution in [0, 0.1) is 22.2 Å². The third-order valence-corrected chi connectivity index (χ3v) is 3.77. The summed E-state index contributed by atoms with van der Waals surface area (Å²) >= 11 is 0. The summed E-state index contributed by atoms with van der Waals surface area (Å²) in [6, 6.07) is 0. The van der Waals surface area contributed by atoms with Gasteiger partial charge in [-0.2, -0.15) is 0 Å². The fourth-order valence-electron chi connectivity index (χ4n) is 3.18. The first-order chi connectivity index (χ1) is 7.12. The van der Waals surface area contributed by atoms with E-state index in [2.05, 4.69) is 23.1 Å². The van der Waals surface area contributed by atoms with Gasteiger partial charge in [-0.25, -0.2) is 5.21 Å². The molecule has 3 aliphatic rings. The largest absolute Gasteiger partial charge is 0.352 e. The topological polar surface area (TPSA) is 78.7 Å². The van der Waals surface area contributed by atoms with Crippen LogP contribution in [0.4, 0.5) is 0 Å². The highest BCUT2D eigenvalue weighted by Crippen LogP contribution is 2.58. The second-order valence-electron chi connectivity index (χ2n) is 4.60. The van der Waals surface area contributed by atoms with E-state index in [0.717, 1.165) is 11.8 Å². The number of hydrazine groups is 1. The second kappa shape index (κ2) is 3.64. The van der Waals surface area contributed by atoms with Crippen LogP contribution < -0.4 is 5.84 Å². The summed E-state index contributed by atoms with van der Waals surface area (Å²) in [4.78, 5) is 12.9. The molecule has 1 spiro atoms. The Labute approximate surface area is 88.2 Å². The number of hydrogen-bond donors (Lipinski definition) is 2. The molecule has 5 heteroatoms. The minimum Gasteiger partial charge on any atom is -0.269 e. The minimum atomic E-state index is -0.750. The van der Waals surface area contributed by atoms with Crippen molar-refractivity contribution in [3.05, 3.63) is 17.2 Å². The molecule has 82 valence electrons. The molecule has 1 heterocycles. The molecule has 2 aliphatic carbocycles. The van der Waals surface area contributed by atoms with Crippen molar-refractivity contribution >= 4 is 6.21 Å². The zero-order valence-electron chi connectivity index (χ0n) is 8.54. The van der Waals surface area contributed by atoms with Crippen molar-refractivity contribution in [1.29, 1.82) is 0 Å². The number of fused-ring (bicyclic) bond motifs is 1. The van der Waals surface area contributed by atoms with Crippen molar-refractivity contribution in [2.75, 3.05) is 0 Å². The van der Waals surface area contributed by atoms with Gasteiger partial charge in [-0.3, -0.25) is 4.99 Å². The van der Waals surface area contributed by atoms with E-state index in [-0.39, 0.29) is 0 Å². The average molecular weight is 210 g/mol. The molecule has 0 aromatic heterocycles. The van der Waals surface area contributed by atoms with Gasteiger partial charge < -0.3 is 0 Å². The van der Waals surface area contributed by atoms with E-state index in [1.54, 1.807) is 0 Å². The van der Waals surface area contributed by atoms with Gasteiger partial charge in [0.1, 0.15) is 4.91 Å². The molecule has 3 rings (SSSR count). The molecule has 1 aliphatic heterocycles. The predicted molar refractivity (Wildman–Crippen MR) is 55.1 cm³/mol. The minimum absolute atomic E-state index is 0.576. The SMILES string of the molecule is C1=CC23CCC(CC2C=N1)C3.N[N+](=O)O. The Morgan fingerprint density at radius 3 is 2.93 bits per heavy atom.